The molecule has 1 fully saturated rings. The summed E-state index contributed by atoms with van der Waals surface area (Å²) < 4.78 is 33.5. The number of aromatic nitrogens is 1. The fourth-order valence-corrected chi connectivity index (χ4v) is 7.17. The summed E-state index contributed by atoms with van der Waals surface area (Å²) in [5.74, 6) is -0.247. The molecule has 0 radical (unpaired) electrons. The van der Waals surface area contributed by atoms with Gasteiger partial charge in [-0.05, 0) is 36.4 Å². The van der Waals surface area contributed by atoms with Crippen LogP contribution < -0.4 is 4.90 Å². The van der Waals surface area contributed by atoms with Crippen LogP contribution in [-0.4, -0.2) is 57.0 Å². The average Bonchev–Trinajstić information content (AvgIpc) is 3.44. The zero-order valence-corrected chi connectivity index (χ0v) is 19.0. The minimum absolute atomic E-state index is 0.0146. The van der Waals surface area contributed by atoms with Gasteiger partial charge in [0.05, 0.1) is 23.4 Å². The van der Waals surface area contributed by atoms with Gasteiger partial charge in [-0.25, -0.2) is 13.4 Å². The molecule has 4 rings (SSSR count). The largest absolute Gasteiger partial charge is 0.383 e. The molecule has 0 saturated carbocycles. The Morgan fingerprint density at radius 2 is 2.00 bits per heavy atom. The van der Waals surface area contributed by atoms with Gasteiger partial charge < -0.3 is 4.74 Å². The van der Waals surface area contributed by atoms with E-state index in [-0.39, 0.29) is 11.8 Å². The Morgan fingerprint density at radius 1 is 1.23 bits per heavy atom. The minimum Gasteiger partial charge on any atom is -0.383 e. The normalized spacial score (nSPS) is 16.2. The number of anilines is 1. The highest BCUT2D eigenvalue weighted by Gasteiger charge is 2.35. The van der Waals surface area contributed by atoms with Crippen LogP contribution in [0.1, 0.15) is 12.8 Å². The van der Waals surface area contributed by atoms with Gasteiger partial charge in [-0.15, -0.1) is 11.3 Å². The van der Waals surface area contributed by atoms with Crippen molar-refractivity contribution in [3.8, 4) is 0 Å². The van der Waals surface area contributed by atoms with Gasteiger partial charge in [-0.2, -0.15) is 4.31 Å². The van der Waals surface area contributed by atoms with E-state index in [2.05, 4.69) is 4.98 Å². The molecule has 2 aromatic heterocycles. The number of fused-ring (bicyclic) bond motifs is 1. The van der Waals surface area contributed by atoms with Crippen LogP contribution in [0.4, 0.5) is 5.13 Å². The van der Waals surface area contributed by atoms with Gasteiger partial charge in [0.1, 0.15) is 4.21 Å². The average molecular weight is 466 g/mol. The summed E-state index contributed by atoms with van der Waals surface area (Å²) in [6.07, 6.45) is 0.996. The first-order chi connectivity index (χ1) is 14.5. The summed E-state index contributed by atoms with van der Waals surface area (Å²) in [5, 5.41) is 2.42. The van der Waals surface area contributed by atoms with Gasteiger partial charge >= 0.3 is 0 Å². The number of hydrogen-bond donors (Lipinski definition) is 0. The zero-order chi connectivity index (χ0) is 21.1. The number of carbonyl (C=O) groups excluding carboxylic acids is 1. The van der Waals surface area contributed by atoms with Gasteiger partial charge in [0, 0.05) is 26.1 Å². The van der Waals surface area contributed by atoms with Crippen LogP contribution >= 0.6 is 22.7 Å². The Morgan fingerprint density at radius 3 is 2.67 bits per heavy atom. The lowest BCUT2D eigenvalue weighted by atomic mass is 9.96. The Bertz CT molecular complexity index is 1070. The second-order valence-electron chi connectivity index (χ2n) is 7.06. The first-order valence-corrected chi connectivity index (χ1v) is 12.8. The molecule has 1 aromatic carbocycles. The van der Waals surface area contributed by atoms with Crippen molar-refractivity contribution < 1.29 is 17.9 Å². The molecular formula is C20H23N3O4S3. The van der Waals surface area contributed by atoms with Crippen molar-refractivity contribution in [1.29, 1.82) is 0 Å². The molecule has 7 nitrogen and oxygen atoms in total. The molecule has 1 aliphatic rings. The number of thiazole rings is 1. The van der Waals surface area contributed by atoms with Crippen LogP contribution in [0.2, 0.25) is 0 Å². The molecule has 160 valence electrons. The second kappa shape index (κ2) is 9.11. The minimum atomic E-state index is -3.48. The van der Waals surface area contributed by atoms with E-state index < -0.39 is 10.0 Å². The van der Waals surface area contributed by atoms with E-state index in [0.29, 0.717) is 48.4 Å². The fourth-order valence-electron chi connectivity index (χ4n) is 3.56. The highest BCUT2D eigenvalue weighted by atomic mass is 32.2. The van der Waals surface area contributed by atoms with Gasteiger partial charge in [0.15, 0.2) is 5.13 Å². The number of methoxy groups -OCH3 is 1. The summed E-state index contributed by atoms with van der Waals surface area (Å²) in [6, 6.07) is 11.2. The Labute approximate surface area is 184 Å². The van der Waals surface area contributed by atoms with Gasteiger partial charge in [0.25, 0.3) is 10.0 Å². The predicted molar refractivity (Wildman–Crippen MR) is 120 cm³/mol. The second-order valence-corrected chi connectivity index (χ2v) is 11.2. The summed E-state index contributed by atoms with van der Waals surface area (Å²) in [4.78, 5) is 19.7. The van der Waals surface area contributed by atoms with Crippen LogP contribution in [0.5, 0.6) is 0 Å². The summed E-state index contributed by atoms with van der Waals surface area (Å²) in [6.45, 7) is 1.51. The topological polar surface area (TPSA) is 79.8 Å². The van der Waals surface area contributed by atoms with Crippen molar-refractivity contribution in [3.63, 3.8) is 0 Å². The molecule has 0 unspecified atom stereocenters. The van der Waals surface area contributed by atoms with Gasteiger partial charge in [0.2, 0.25) is 5.91 Å². The van der Waals surface area contributed by atoms with Crippen LogP contribution in [0.15, 0.2) is 46.0 Å². The van der Waals surface area contributed by atoms with E-state index in [1.54, 1.807) is 29.5 Å². The van der Waals surface area contributed by atoms with E-state index >= 15 is 0 Å². The highest BCUT2D eigenvalue weighted by Crippen LogP contribution is 2.32. The third-order valence-corrected chi connectivity index (χ3v) is 9.52. The summed E-state index contributed by atoms with van der Waals surface area (Å²) in [5.41, 5.74) is 0.865. The van der Waals surface area contributed by atoms with E-state index in [0.717, 1.165) is 10.2 Å². The monoisotopic (exact) mass is 465 g/mol. The number of nitrogens with zero attached hydrogens (tertiary/aromatic N) is 3. The van der Waals surface area contributed by atoms with Crippen LogP contribution in [-0.2, 0) is 19.6 Å². The Kier molecular flexibility index (Phi) is 6.49. The number of amides is 1. The van der Waals surface area contributed by atoms with Crippen molar-refractivity contribution in [3.05, 3.63) is 41.8 Å². The molecule has 30 heavy (non-hydrogen) atoms. The molecule has 3 heterocycles. The lowest BCUT2D eigenvalue weighted by molar-refractivity contribution is -0.123. The maximum Gasteiger partial charge on any atom is 0.252 e. The van der Waals surface area contributed by atoms with Crippen molar-refractivity contribution in [1.82, 2.24) is 9.29 Å². The number of ether oxygens (including phenoxy) is 1. The van der Waals surface area contributed by atoms with Gasteiger partial charge in [-0.1, -0.05) is 29.5 Å². The van der Waals surface area contributed by atoms with E-state index in [9.17, 15) is 13.2 Å². The molecule has 0 atom stereocenters. The Hall–Kier alpha value is -1.85. The number of thiophene rings is 1. The van der Waals surface area contributed by atoms with Crippen LogP contribution in [0.3, 0.4) is 0 Å². The van der Waals surface area contributed by atoms with Crippen molar-refractivity contribution >= 4 is 54.0 Å². The smallest absolute Gasteiger partial charge is 0.252 e. The third kappa shape index (κ3) is 4.28. The molecule has 0 bridgehead atoms. The standard InChI is InChI=1S/C20H23N3O4S3/c1-27-13-12-23(20-21-16-5-2-3-6-17(16)29-20)19(24)15-8-10-22(11-9-15)30(25,26)18-7-4-14-28-18/h2-7,14-15H,8-13H2,1H3. The first-order valence-electron chi connectivity index (χ1n) is 9.70. The maximum absolute atomic E-state index is 13.3. The van der Waals surface area contributed by atoms with Crippen molar-refractivity contribution in [2.45, 2.75) is 17.1 Å². The van der Waals surface area contributed by atoms with Crippen LogP contribution in [0, 0.1) is 5.92 Å². The van der Waals surface area contributed by atoms with E-state index in [4.69, 9.17) is 4.74 Å². The van der Waals surface area contributed by atoms with Crippen molar-refractivity contribution in [2.24, 2.45) is 5.92 Å². The number of rotatable bonds is 7. The molecular weight excluding hydrogens is 442 g/mol. The lowest BCUT2D eigenvalue weighted by Crippen LogP contribution is -2.45. The fraction of sp³-hybridized carbons (Fsp3) is 0.400. The lowest BCUT2D eigenvalue weighted by Gasteiger charge is -2.32. The Balaban J connectivity index is 1.49. The van der Waals surface area contributed by atoms with Crippen LogP contribution in [0.25, 0.3) is 10.2 Å². The van der Waals surface area contributed by atoms with Crippen molar-refractivity contribution in [2.75, 3.05) is 38.3 Å². The number of sulfonamides is 1. The molecule has 1 amide bonds. The zero-order valence-electron chi connectivity index (χ0n) is 16.6. The molecule has 1 saturated heterocycles. The third-order valence-electron chi connectivity index (χ3n) is 5.19. The molecule has 1 aliphatic heterocycles. The number of para-hydroxylation sites is 1. The summed E-state index contributed by atoms with van der Waals surface area (Å²) in [7, 11) is -1.87. The SMILES string of the molecule is COCCN(C(=O)C1CCN(S(=O)(=O)c2cccs2)CC1)c1nc2ccccc2s1. The molecule has 3 aromatic rings. The highest BCUT2D eigenvalue weighted by molar-refractivity contribution is 7.91. The van der Waals surface area contributed by atoms with Gasteiger partial charge in [-0.3, -0.25) is 9.69 Å². The predicted octanol–water partition coefficient (Wildman–Crippen LogP) is 3.44. The maximum atomic E-state index is 13.3. The van der Waals surface area contributed by atoms with E-state index in [1.165, 1.54) is 27.0 Å². The quantitative estimate of drug-likeness (QED) is 0.534. The molecule has 0 aliphatic carbocycles. The molecule has 0 spiro atoms. The number of hydrogen-bond acceptors (Lipinski definition) is 7. The number of carbonyl (C=O) groups is 1. The number of piperidine rings is 1. The molecule has 10 heteroatoms. The molecule has 0 N–H and O–H groups in total. The number of benzene rings is 1. The first kappa shape index (κ1) is 21.4. The summed E-state index contributed by atoms with van der Waals surface area (Å²) >= 11 is 2.70. The van der Waals surface area contributed by atoms with E-state index in [1.807, 2.05) is 24.3 Å².